The summed E-state index contributed by atoms with van der Waals surface area (Å²) in [6, 6.07) is 6.70. The average Bonchev–Trinajstić information content (AvgIpc) is 3.05. The van der Waals surface area contributed by atoms with Crippen LogP contribution in [0.5, 0.6) is 5.75 Å². The number of benzene rings is 1. The van der Waals surface area contributed by atoms with E-state index in [1.165, 1.54) is 32.4 Å². The van der Waals surface area contributed by atoms with Crippen LogP contribution in [0.15, 0.2) is 24.3 Å². The highest BCUT2D eigenvalue weighted by atomic mass is 16.5. The van der Waals surface area contributed by atoms with Crippen LogP contribution in [-0.2, 0) is 0 Å². The second kappa shape index (κ2) is 6.48. The molecule has 21 heavy (non-hydrogen) atoms. The summed E-state index contributed by atoms with van der Waals surface area (Å²) in [5.74, 6) is 1.62. The van der Waals surface area contributed by atoms with E-state index >= 15 is 0 Å². The molecule has 1 saturated carbocycles. The van der Waals surface area contributed by atoms with Gasteiger partial charge in [0.15, 0.2) is 0 Å². The first-order valence-electron chi connectivity index (χ1n) is 7.91. The number of hydrogen-bond donors (Lipinski definition) is 1. The normalized spacial score (nSPS) is 25.0. The second-order valence-electron chi connectivity index (χ2n) is 6.25. The van der Waals surface area contributed by atoms with Gasteiger partial charge in [-0.1, -0.05) is 12.5 Å². The zero-order valence-electron chi connectivity index (χ0n) is 12.3. The van der Waals surface area contributed by atoms with Crippen molar-refractivity contribution in [2.24, 2.45) is 11.8 Å². The molecule has 1 aliphatic heterocycles. The first kappa shape index (κ1) is 14.4. The van der Waals surface area contributed by atoms with Crippen LogP contribution in [0, 0.1) is 11.8 Å². The Morgan fingerprint density at radius 3 is 2.76 bits per heavy atom. The number of carboxylic acids is 1. The summed E-state index contributed by atoms with van der Waals surface area (Å²) in [6.45, 7) is 4.26. The molecule has 4 nitrogen and oxygen atoms in total. The van der Waals surface area contributed by atoms with Gasteiger partial charge in [0, 0.05) is 19.6 Å². The second-order valence-corrected chi connectivity index (χ2v) is 6.25. The first-order valence-corrected chi connectivity index (χ1v) is 7.91. The molecule has 0 aromatic heterocycles. The van der Waals surface area contributed by atoms with Crippen molar-refractivity contribution in [2.75, 3.05) is 26.2 Å². The van der Waals surface area contributed by atoms with E-state index in [0.29, 0.717) is 12.4 Å². The van der Waals surface area contributed by atoms with Gasteiger partial charge in [0.05, 0.1) is 12.2 Å². The minimum Gasteiger partial charge on any atom is -0.494 e. The molecule has 1 N–H and O–H groups in total. The summed E-state index contributed by atoms with van der Waals surface area (Å²) in [7, 11) is 0. The average molecular weight is 289 g/mol. The highest BCUT2D eigenvalue weighted by Gasteiger charge is 2.35. The van der Waals surface area contributed by atoms with Crippen molar-refractivity contribution in [3.63, 3.8) is 0 Å². The van der Waals surface area contributed by atoms with Gasteiger partial charge < -0.3 is 14.7 Å². The quantitative estimate of drug-likeness (QED) is 0.818. The molecule has 1 aromatic rings. The zero-order chi connectivity index (χ0) is 14.7. The molecule has 0 bridgehead atoms. The number of rotatable bonds is 6. The predicted octanol–water partition coefficient (Wildman–Crippen LogP) is 2.89. The monoisotopic (exact) mass is 289 g/mol. The van der Waals surface area contributed by atoms with Crippen LogP contribution in [0.25, 0.3) is 0 Å². The molecule has 1 aliphatic carbocycles. The molecule has 4 heteroatoms. The lowest BCUT2D eigenvalue weighted by atomic mass is 10.0. The standard InChI is InChI=1S/C17H23NO3/c19-17(20)13-4-2-7-16(10-13)21-9-3-8-18-11-14-5-1-6-15(14)12-18/h2,4,7,10,14-15H,1,3,5-6,8-9,11-12H2,(H,19,20). The third-order valence-corrected chi connectivity index (χ3v) is 4.77. The molecule has 1 heterocycles. The Kier molecular flexibility index (Phi) is 4.44. The molecule has 3 rings (SSSR count). The van der Waals surface area contributed by atoms with Gasteiger partial charge >= 0.3 is 5.97 Å². The molecule has 2 unspecified atom stereocenters. The highest BCUT2D eigenvalue weighted by Crippen LogP contribution is 2.37. The van der Waals surface area contributed by atoms with E-state index in [2.05, 4.69) is 4.90 Å². The molecule has 0 amide bonds. The van der Waals surface area contributed by atoms with E-state index in [4.69, 9.17) is 9.84 Å². The predicted molar refractivity (Wildman–Crippen MR) is 80.8 cm³/mol. The van der Waals surface area contributed by atoms with Gasteiger partial charge in [0.2, 0.25) is 0 Å². The number of ether oxygens (including phenoxy) is 1. The number of carboxylic acid groups (broad SMARTS) is 1. The van der Waals surface area contributed by atoms with Crippen LogP contribution in [0.3, 0.4) is 0 Å². The van der Waals surface area contributed by atoms with Crippen molar-refractivity contribution in [1.82, 2.24) is 4.90 Å². The maximum Gasteiger partial charge on any atom is 0.335 e. The molecule has 0 spiro atoms. The van der Waals surface area contributed by atoms with E-state index in [9.17, 15) is 4.79 Å². The lowest BCUT2D eigenvalue weighted by Crippen LogP contribution is -2.24. The summed E-state index contributed by atoms with van der Waals surface area (Å²) in [6.07, 6.45) is 5.25. The van der Waals surface area contributed by atoms with E-state index in [0.717, 1.165) is 24.8 Å². The summed E-state index contributed by atoms with van der Waals surface area (Å²) < 4.78 is 5.66. The van der Waals surface area contributed by atoms with Gasteiger partial charge in [-0.2, -0.15) is 0 Å². The fourth-order valence-corrected chi connectivity index (χ4v) is 3.71. The summed E-state index contributed by atoms with van der Waals surface area (Å²) in [5.41, 5.74) is 0.278. The van der Waals surface area contributed by atoms with E-state index < -0.39 is 5.97 Å². The van der Waals surface area contributed by atoms with Crippen LogP contribution >= 0.6 is 0 Å². The van der Waals surface area contributed by atoms with Gasteiger partial charge in [-0.05, 0) is 49.3 Å². The van der Waals surface area contributed by atoms with Crippen molar-refractivity contribution in [1.29, 1.82) is 0 Å². The largest absolute Gasteiger partial charge is 0.494 e. The van der Waals surface area contributed by atoms with Crippen molar-refractivity contribution >= 4 is 5.97 Å². The highest BCUT2D eigenvalue weighted by molar-refractivity contribution is 5.87. The minimum atomic E-state index is -0.913. The number of aromatic carboxylic acids is 1. The smallest absolute Gasteiger partial charge is 0.335 e. The number of likely N-dealkylation sites (tertiary alicyclic amines) is 1. The number of carbonyl (C=O) groups is 1. The lowest BCUT2D eigenvalue weighted by molar-refractivity contribution is 0.0696. The van der Waals surface area contributed by atoms with Crippen LogP contribution in [-0.4, -0.2) is 42.2 Å². The Balaban J connectivity index is 1.38. The van der Waals surface area contributed by atoms with Gasteiger partial charge in [0.25, 0.3) is 0 Å². The van der Waals surface area contributed by atoms with Gasteiger partial charge in [-0.15, -0.1) is 0 Å². The zero-order valence-corrected chi connectivity index (χ0v) is 12.3. The fourth-order valence-electron chi connectivity index (χ4n) is 3.71. The van der Waals surface area contributed by atoms with Crippen LogP contribution in [0.1, 0.15) is 36.0 Å². The fraction of sp³-hybridized carbons (Fsp3) is 0.588. The number of fused-ring (bicyclic) bond motifs is 1. The van der Waals surface area contributed by atoms with Gasteiger partial charge in [-0.25, -0.2) is 4.79 Å². The van der Waals surface area contributed by atoms with Crippen LogP contribution in [0.4, 0.5) is 0 Å². The maximum atomic E-state index is 10.9. The molecular formula is C17H23NO3. The minimum absolute atomic E-state index is 0.278. The topological polar surface area (TPSA) is 49.8 Å². The first-order chi connectivity index (χ1) is 10.2. The molecule has 2 aliphatic rings. The number of nitrogens with zero attached hydrogens (tertiary/aromatic N) is 1. The molecule has 1 saturated heterocycles. The Hall–Kier alpha value is -1.55. The number of hydrogen-bond acceptors (Lipinski definition) is 3. The molecule has 1 aromatic carbocycles. The summed E-state index contributed by atoms with van der Waals surface area (Å²) >= 11 is 0. The Bertz CT molecular complexity index is 491. The van der Waals surface area contributed by atoms with Crippen LogP contribution < -0.4 is 4.74 Å². The Labute approximate surface area is 125 Å². The van der Waals surface area contributed by atoms with Crippen molar-refractivity contribution in [3.05, 3.63) is 29.8 Å². The molecular weight excluding hydrogens is 266 g/mol. The lowest BCUT2D eigenvalue weighted by Gasteiger charge is -2.16. The molecule has 2 fully saturated rings. The van der Waals surface area contributed by atoms with E-state index in [-0.39, 0.29) is 5.56 Å². The third-order valence-electron chi connectivity index (χ3n) is 4.77. The van der Waals surface area contributed by atoms with Crippen molar-refractivity contribution in [3.8, 4) is 5.75 Å². The molecule has 0 radical (unpaired) electrons. The third kappa shape index (κ3) is 3.56. The van der Waals surface area contributed by atoms with Crippen LogP contribution in [0.2, 0.25) is 0 Å². The van der Waals surface area contributed by atoms with Gasteiger partial charge in [0.1, 0.15) is 5.75 Å². The SMILES string of the molecule is O=C(O)c1cccc(OCCCN2CC3CCCC3C2)c1. The Morgan fingerprint density at radius 2 is 2.05 bits per heavy atom. The van der Waals surface area contributed by atoms with E-state index in [1.54, 1.807) is 18.2 Å². The summed E-state index contributed by atoms with van der Waals surface area (Å²) in [4.78, 5) is 13.5. The Morgan fingerprint density at radius 1 is 1.29 bits per heavy atom. The van der Waals surface area contributed by atoms with Gasteiger partial charge in [-0.3, -0.25) is 0 Å². The van der Waals surface area contributed by atoms with Crippen molar-refractivity contribution in [2.45, 2.75) is 25.7 Å². The van der Waals surface area contributed by atoms with E-state index in [1.807, 2.05) is 6.07 Å². The maximum absolute atomic E-state index is 10.9. The summed E-state index contributed by atoms with van der Waals surface area (Å²) in [5, 5.41) is 8.94. The molecule has 114 valence electrons. The molecule has 2 atom stereocenters. The van der Waals surface area contributed by atoms with Crippen molar-refractivity contribution < 1.29 is 14.6 Å².